The average molecular weight is 509 g/mol. The third kappa shape index (κ3) is 7.12. The van der Waals surface area contributed by atoms with Gasteiger partial charge in [0, 0.05) is 23.0 Å². The molecular formula is C25H24F5N3O3. The second-order valence-corrected chi connectivity index (χ2v) is 8.44. The van der Waals surface area contributed by atoms with E-state index in [2.05, 4.69) is 29.7 Å². The molecule has 3 N–H and O–H groups in total. The van der Waals surface area contributed by atoms with Gasteiger partial charge >= 0.3 is 12.1 Å². The monoisotopic (exact) mass is 509 g/mol. The van der Waals surface area contributed by atoms with Gasteiger partial charge in [-0.2, -0.15) is 13.2 Å². The largest absolute Gasteiger partial charge is 0.490 e. The molecule has 1 aromatic heterocycles. The lowest BCUT2D eigenvalue weighted by Gasteiger charge is -2.30. The maximum Gasteiger partial charge on any atom is 0.490 e. The highest BCUT2D eigenvalue weighted by Gasteiger charge is 2.38. The fourth-order valence-corrected chi connectivity index (χ4v) is 3.92. The molecule has 1 amide bonds. The van der Waals surface area contributed by atoms with E-state index in [1.807, 2.05) is 18.2 Å². The standard InChI is InChI=1S/C23H23F2N3O.C2HF3O2/c1-14-12-22(28-21-5-3-2-4-18(14)21)26-16-7-9-17(10-8-16)27-23(29)15-6-11-19(24)20(25)13-15;3-2(4,5)1(6)7/h2-6,11-13,16-17H,7-10H2,1H3,(H,26,28)(H,27,29);(H,6,7). The smallest absolute Gasteiger partial charge is 0.475 e. The lowest BCUT2D eigenvalue weighted by molar-refractivity contribution is -0.192. The van der Waals surface area contributed by atoms with Crippen LogP contribution in [-0.4, -0.2) is 40.2 Å². The van der Waals surface area contributed by atoms with Gasteiger partial charge < -0.3 is 15.7 Å². The Labute approximate surface area is 203 Å². The van der Waals surface area contributed by atoms with Crippen LogP contribution in [0.5, 0.6) is 0 Å². The van der Waals surface area contributed by atoms with Crippen molar-refractivity contribution in [1.82, 2.24) is 10.3 Å². The van der Waals surface area contributed by atoms with Gasteiger partial charge in [0.05, 0.1) is 5.52 Å². The number of carboxylic acids is 1. The first-order chi connectivity index (χ1) is 16.9. The zero-order chi connectivity index (χ0) is 26.5. The minimum absolute atomic E-state index is 0.0277. The van der Waals surface area contributed by atoms with E-state index in [0.29, 0.717) is 6.04 Å². The van der Waals surface area contributed by atoms with E-state index < -0.39 is 23.8 Å². The summed E-state index contributed by atoms with van der Waals surface area (Å²) in [6.07, 6.45) is -1.65. The summed E-state index contributed by atoms with van der Waals surface area (Å²) in [5.41, 5.74) is 2.30. The van der Waals surface area contributed by atoms with Crippen molar-refractivity contribution in [3.63, 3.8) is 0 Å². The first-order valence-electron chi connectivity index (χ1n) is 11.1. The molecule has 0 bridgehead atoms. The first-order valence-corrected chi connectivity index (χ1v) is 11.1. The Morgan fingerprint density at radius 3 is 2.17 bits per heavy atom. The molecule has 1 aliphatic carbocycles. The van der Waals surface area contributed by atoms with Crippen molar-refractivity contribution in [1.29, 1.82) is 0 Å². The molecule has 36 heavy (non-hydrogen) atoms. The van der Waals surface area contributed by atoms with Crippen LogP contribution in [0, 0.1) is 18.6 Å². The predicted octanol–water partition coefficient (Wildman–Crippen LogP) is 5.61. The molecule has 2 aromatic carbocycles. The van der Waals surface area contributed by atoms with Gasteiger partial charge in [-0.15, -0.1) is 0 Å². The Bertz CT molecular complexity index is 1240. The maximum atomic E-state index is 13.3. The van der Waals surface area contributed by atoms with E-state index in [4.69, 9.17) is 14.9 Å². The van der Waals surface area contributed by atoms with E-state index in [1.165, 1.54) is 11.6 Å². The van der Waals surface area contributed by atoms with Crippen LogP contribution < -0.4 is 10.6 Å². The first kappa shape index (κ1) is 26.8. The van der Waals surface area contributed by atoms with Crippen molar-refractivity contribution in [2.24, 2.45) is 0 Å². The number of anilines is 1. The number of carbonyl (C=O) groups excluding carboxylic acids is 1. The van der Waals surface area contributed by atoms with Gasteiger partial charge in [-0.3, -0.25) is 4.79 Å². The summed E-state index contributed by atoms with van der Waals surface area (Å²) in [7, 11) is 0. The van der Waals surface area contributed by atoms with Crippen LogP contribution in [-0.2, 0) is 4.79 Å². The number of hydrogen-bond donors (Lipinski definition) is 3. The number of para-hydroxylation sites is 1. The minimum Gasteiger partial charge on any atom is -0.475 e. The minimum atomic E-state index is -5.08. The third-order valence-corrected chi connectivity index (χ3v) is 5.76. The normalized spacial score (nSPS) is 17.6. The summed E-state index contributed by atoms with van der Waals surface area (Å²) in [5.74, 6) is -4.22. The van der Waals surface area contributed by atoms with Crippen molar-refractivity contribution < 1.29 is 36.6 Å². The number of hydrogen-bond acceptors (Lipinski definition) is 4. The highest BCUT2D eigenvalue weighted by atomic mass is 19.4. The number of aromatic nitrogens is 1. The second kappa shape index (κ2) is 11.3. The SMILES string of the molecule is Cc1cc(NC2CCC(NC(=O)c3ccc(F)c(F)c3)CC2)nc2ccccc12.O=C(O)C(F)(F)F. The summed E-state index contributed by atoms with van der Waals surface area (Å²) >= 11 is 0. The number of carbonyl (C=O) groups is 2. The summed E-state index contributed by atoms with van der Waals surface area (Å²) < 4.78 is 58.1. The molecule has 6 nitrogen and oxygen atoms in total. The number of amides is 1. The number of alkyl halides is 3. The van der Waals surface area contributed by atoms with Gasteiger partial charge in [0.2, 0.25) is 0 Å². The number of aliphatic carboxylic acids is 1. The molecule has 3 aromatic rings. The summed E-state index contributed by atoms with van der Waals surface area (Å²) in [6, 6.07) is 13.7. The number of fused-ring (bicyclic) bond motifs is 1. The zero-order valence-electron chi connectivity index (χ0n) is 19.2. The van der Waals surface area contributed by atoms with Gasteiger partial charge in [0.15, 0.2) is 11.6 Å². The highest BCUT2D eigenvalue weighted by molar-refractivity contribution is 5.94. The summed E-state index contributed by atoms with van der Waals surface area (Å²) in [6.45, 7) is 2.08. The van der Waals surface area contributed by atoms with Gasteiger partial charge in [-0.25, -0.2) is 18.6 Å². The molecule has 0 aliphatic heterocycles. The number of nitrogens with one attached hydrogen (secondary N) is 2. The number of pyridine rings is 1. The Morgan fingerprint density at radius 2 is 1.56 bits per heavy atom. The molecule has 0 saturated heterocycles. The second-order valence-electron chi connectivity index (χ2n) is 8.44. The molecule has 0 unspecified atom stereocenters. The molecule has 192 valence electrons. The topological polar surface area (TPSA) is 91.3 Å². The van der Waals surface area contributed by atoms with E-state index in [-0.39, 0.29) is 17.5 Å². The predicted molar refractivity (Wildman–Crippen MR) is 124 cm³/mol. The van der Waals surface area contributed by atoms with Gasteiger partial charge in [-0.05, 0) is 68.5 Å². The van der Waals surface area contributed by atoms with E-state index in [1.54, 1.807) is 0 Å². The van der Waals surface area contributed by atoms with Crippen molar-refractivity contribution in [3.05, 3.63) is 71.3 Å². The number of nitrogens with zero attached hydrogens (tertiary/aromatic N) is 1. The molecule has 1 aliphatic rings. The molecule has 1 heterocycles. The summed E-state index contributed by atoms with van der Waals surface area (Å²) in [4.78, 5) is 25.9. The summed E-state index contributed by atoms with van der Waals surface area (Å²) in [5, 5.41) is 14.7. The number of rotatable bonds is 4. The Balaban J connectivity index is 0.000000454. The van der Waals surface area contributed by atoms with Crippen molar-refractivity contribution >= 4 is 28.6 Å². The molecule has 4 rings (SSSR count). The third-order valence-electron chi connectivity index (χ3n) is 5.76. The molecule has 1 saturated carbocycles. The van der Waals surface area contributed by atoms with Crippen molar-refractivity contribution in [2.45, 2.75) is 50.9 Å². The highest BCUT2D eigenvalue weighted by Crippen LogP contribution is 2.25. The molecule has 0 spiro atoms. The van der Waals surface area contributed by atoms with Crippen LogP contribution in [0.25, 0.3) is 10.9 Å². The van der Waals surface area contributed by atoms with Crippen LogP contribution in [0.15, 0.2) is 48.5 Å². The van der Waals surface area contributed by atoms with Crippen LogP contribution in [0.1, 0.15) is 41.6 Å². The lowest BCUT2D eigenvalue weighted by Crippen LogP contribution is -2.40. The number of halogens is 5. The van der Waals surface area contributed by atoms with E-state index in [9.17, 15) is 26.7 Å². The fraction of sp³-hybridized carbons (Fsp3) is 0.320. The fourth-order valence-electron chi connectivity index (χ4n) is 3.92. The molecule has 0 radical (unpaired) electrons. The van der Waals surface area contributed by atoms with Crippen LogP contribution in [0.4, 0.5) is 27.8 Å². The lowest BCUT2D eigenvalue weighted by atomic mass is 9.91. The van der Waals surface area contributed by atoms with Crippen molar-refractivity contribution in [3.8, 4) is 0 Å². The molecule has 0 atom stereocenters. The Hall–Kier alpha value is -3.76. The number of aryl methyl sites for hydroxylation is 1. The van der Waals surface area contributed by atoms with Crippen molar-refractivity contribution in [2.75, 3.05) is 5.32 Å². The average Bonchev–Trinajstić information content (AvgIpc) is 2.82. The maximum absolute atomic E-state index is 13.3. The van der Waals surface area contributed by atoms with Gasteiger partial charge in [-0.1, -0.05) is 18.2 Å². The quantitative estimate of drug-likeness (QED) is 0.398. The number of benzene rings is 2. The molecular weight excluding hydrogens is 485 g/mol. The Kier molecular flexibility index (Phi) is 8.44. The van der Waals surface area contributed by atoms with Crippen LogP contribution in [0.2, 0.25) is 0 Å². The van der Waals surface area contributed by atoms with Crippen LogP contribution >= 0.6 is 0 Å². The zero-order valence-corrected chi connectivity index (χ0v) is 19.2. The van der Waals surface area contributed by atoms with Gasteiger partial charge in [0.1, 0.15) is 5.82 Å². The van der Waals surface area contributed by atoms with E-state index in [0.717, 1.165) is 54.5 Å². The van der Waals surface area contributed by atoms with E-state index >= 15 is 0 Å². The molecule has 1 fully saturated rings. The number of carboxylic acid groups (broad SMARTS) is 1. The van der Waals surface area contributed by atoms with Crippen LogP contribution in [0.3, 0.4) is 0 Å². The Morgan fingerprint density at radius 1 is 0.944 bits per heavy atom. The molecule has 11 heteroatoms. The van der Waals surface area contributed by atoms with Gasteiger partial charge in [0.25, 0.3) is 5.91 Å².